The Morgan fingerprint density at radius 2 is 2.26 bits per heavy atom. The topological polar surface area (TPSA) is 134 Å². The molecular formula is C10H15N7O2. The van der Waals surface area contributed by atoms with Crippen molar-refractivity contribution < 1.29 is 0 Å². The van der Waals surface area contributed by atoms with Crippen LogP contribution in [0.3, 0.4) is 0 Å². The van der Waals surface area contributed by atoms with Crippen molar-refractivity contribution in [2.75, 3.05) is 11.1 Å². The first-order chi connectivity index (χ1) is 9.04. The quantitative estimate of drug-likeness (QED) is 0.584. The minimum absolute atomic E-state index is 0.0996. The zero-order chi connectivity index (χ0) is 14.0. The minimum atomic E-state index is -0.557. The van der Waals surface area contributed by atoms with Crippen LogP contribution >= 0.6 is 0 Å². The Morgan fingerprint density at radius 1 is 1.53 bits per heavy atom. The van der Waals surface area contributed by atoms with Crippen LogP contribution in [-0.2, 0) is 6.54 Å². The standard InChI is InChI=1S/C10H15N7O2/c1-3-17-7(11)6(9(18)15-10(17)19)14-5(2)8-12-4-13-16-8/h4-5,14H,3,11H2,1-2H3,(H,12,13,16)(H,15,18,19). The third-order valence-corrected chi connectivity index (χ3v) is 2.76. The van der Waals surface area contributed by atoms with Crippen molar-refractivity contribution in [3.05, 3.63) is 33.0 Å². The molecule has 102 valence electrons. The number of rotatable bonds is 4. The molecule has 0 saturated heterocycles. The molecule has 0 amide bonds. The fourth-order valence-electron chi connectivity index (χ4n) is 1.75. The Hall–Kier alpha value is -2.58. The van der Waals surface area contributed by atoms with Gasteiger partial charge in [-0.1, -0.05) is 0 Å². The van der Waals surface area contributed by atoms with Crippen molar-refractivity contribution in [3.8, 4) is 0 Å². The predicted molar refractivity (Wildman–Crippen MR) is 69.8 cm³/mol. The average molecular weight is 265 g/mol. The third kappa shape index (κ3) is 2.34. The largest absolute Gasteiger partial charge is 0.383 e. The highest BCUT2D eigenvalue weighted by molar-refractivity contribution is 5.61. The van der Waals surface area contributed by atoms with Crippen LogP contribution in [0.2, 0.25) is 0 Å². The SMILES string of the molecule is CCn1c(N)c(NC(C)c2ncn[nH]2)c(=O)[nH]c1=O. The highest BCUT2D eigenvalue weighted by atomic mass is 16.2. The molecular weight excluding hydrogens is 250 g/mol. The van der Waals surface area contributed by atoms with Crippen molar-refractivity contribution in [2.24, 2.45) is 0 Å². The lowest BCUT2D eigenvalue weighted by atomic mass is 10.3. The molecule has 2 aromatic rings. The number of aromatic amines is 2. The lowest BCUT2D eigenvalue weighted by Crippen LogP contribution is -2.34. The van der Waals surface area contributed by atoms with Gasteiger partial charge in [-0.05, 0) is 13.8 Å². The van der Waals surface area contributed by atoms with Crippen molar-refractivity contribution in [1.82, 2.24) is 24.7 Å². The minimum Gasteiger partial charge on any atom is -0.383 e. The Kier molecular flexibility index (Phi) is 3.36. The predicted octanol–water partition coefficient (Wildman–Crippen LogP) is -0.570. The maximum atomic E-state index is 11.8. The van der Waals surface area contributed by atoms with E-state index in [0.717, 1.165) is 0 Å². The van der Waals surface area contributed by atoms with E-state index >= 15 is 0 Å². The van der Waals surface area contributed by atoms with Crippen molar-refractivity contribution >= 4 is 11.5 Å². The molecule has 0 aliphatic carbocycles. The van der Waals surface area contributed by atoms with Crippen LogP contribution < -0.4 is 22.3 Å². The van der Waals surface area contributed by atoms with Crippen LogP contribution in [0.1, 0.15) is 25.7 Å². The van der Waals surface area contributed by atoms with E-state index in [1.807, 2.05) is 0 Å². The molecule has 19 heavy (non-hydrogen) atoms. The van der Waals surface area contributed by atoms with Crippen LogP contribution in [0.5, 0.6) is 0 Å². The molecule has 2 heterocycles. The summed E-state index contributed by atoms with van der Waals surface area (Å²) in [4.78, 5) is 29.5. The average Bonchev–Trinajstić information content (AvgIpc) is 2.88. The van der Waals surface area contributed by atoms with Crippen LogP contribution in [0, 0.1) is 0 Å². The molecule has 0 saturated carbocycles. The summed E-state index contributed by atoms with van der Waals surface area (Å²) in [5.41, 5.74) is 4.89. The van der Waals surface area contributed by atoms with E-state index in [4.69, 9.17) is 5.73 Å². The lowest BCUT2D eigenvalue weighted by molar-refractivity contribution is 0.701. The maximum absolute atomic E-state index is 11.8. The van der Waals surface area contributed by atoms with Gasteiger partial charge in [0, 0.05) is 6.54 Å². The van der Waals surface area contributed by atoms with Gasteiger partial charge in [0.05, 0.1) is 6.04 Å². The summed E-state index contributed by atoms with van der Waals surface area (Å²) >= 11 is 0. The first-order valence-electron chi connectivity index (χ1n) is 5.79. The Bertz CT molecular complexity index is 670. The number of aromatic nitrogens is 5. The number of hydrogen-bond donors (Lipinski definition) is 4. The number of anilines is 2. The first-order valence-corrected chi connectivity index (χ1v) is 5.79. The summed E-state index contributed by atoms with van der Waals surface area (Å²) in [5.74, 6) is 0.663. The zero-order valence-electron chi connectivity index (χ0n) is 10.6. The fraction of sp³-hybridized carbons (Fsp3) is 0.400. The second-order valence-corrected chi connectivity index (χ2v) is 4.00. The van der Waals surface area contributed by atoms with Crippen molar-refractivity contribution in [1.29, 1.82) is 0 Å². The van der Waals surface area contributed by atoms with Gasteiger partial charge >= 0.3 is 5.69 Å². The summed E-state index contributed by atoms with van der Waals surface area (Å²) in [5, 5.41) is 9.34. The molecule has 0 aromatic carbocycles. The Balaban J connectivity index is 2.41. The van der Waals surface area contributed by atoms with Gasteiger partial charge in [0.15, 0.2) is 0 Å². The van der Waals surface area contributed by atoms with E-state index in [9.17, 15) is 9.59 Å². The molecule has 0 spiro atoms. The zero-order valence-corrected chi connectivity index (χ0v) is 10.6. The highest BCUT2D eigenvalue weighted by Crippen LogP contribution is 2.16. The van der Waals surface area contributed by atoms with Gasteiger partial charge in [0.1, 0.15) is 23.7 Å². The van der Waals surface area contributed by atoms with Gasteiger partial charge in [-0.2, -0.15) is 5.10 Å². The summed E-state index contributed by atoms with van der Waals surface area (Å²) in [7, 11) is 0. The van der Waals surface area contributed by atoms with E-state index < -0.39 is 11.2 Å². The lowest BCUT2D eigenvalue weighted by Gasteiger charge is -2.15. The van der Waals surface area contributed by atoms with E-state index in [0.29, 0.717) is 12.4 Å². The van der Waals surface area contributed by atoms with Gasteiger partial charge in [-0.3, -0.25) is 19.4 Å². The van der Waals surface area contributed by atoms with Gasteiger partial charge in [-0.25, -0.2) is 9.78 Å². The van der Waals surface area contributed by atoms with Gasteiger partial charge in [0.2, 0.25) is 0 Å². The molecule has 2 aromatic heterocycles. The number of H-pyrrole nitrogens is 2. The normalized spacial score (nSPS) is 12.3. The summed E-state index contributed by atoms with van der Waals surface area (Å²) in [6.45, 7) is 3.92. The van der Waals surface area contributed by atoms with Gasteiger partial charge in [0.25, 0.3) is 5.56 Å². The molecule has 2 rings (SSSR count). The van der Waals surface area contributed by atoms with Crippen molar-refractivity contribution in [3.63, 3.8) is 0 Å². The molecule has 0 aliphatic rings. The molecule has 0 fully saturated rings. The number of nitrogens with one attached hydrogen (secondary N) is 3. The Labute approximate surface area is 107 Å². The second kappa shape index (κ2) is 4.96. The number of hydrogen-bond acceptors (Lipinski definition) is 6. The molecule has 0 bridgehead atoms. The van der Waals surface area contributed by atoms with Crippen LogP contribution in [0.25, 0.3) is 0 Å². The number of nitrogens with zero attached hydrogens (tertiary/aromatic N) is 3. The van der Waals surface area contributed by atoms with E-state index in [1.165, 1.54) is 10.9 Å². The smallest absolute Gasteiger partial charge is 0.330 e. The van der Waals surface area contributed by atoms with Gasteiger partial charge in [-0.15, -0.1) is 0 Å². The summed E-state index contributed by atoms with van der Waals surface area (Å²) < 4.78 is 1.27. The van der Waals surface area contributed by atoms with Crippen LogP contribution in [0.4, 0.5) is 11.5 Å². The van der Waals surface area contributed by atoms with Crippen LogP contribution in [0.15, 0.2) is 15.9 Å². The molecule has 0 radical (unpaired) electrons. The van der Waals surface area contributed by atoms with Crippen molar-refractivity contribution in [2.45, 2.75) is 26.4 Å². The maximum Gasteiger partial charge on any atom is 0.330 e. The molecule has 9 heteroatoms. The third-order valence-electron chi connectivity index (χ3n) is 2.76. The van der Waals surface area contributed by atoms with Crippen LogP contribution in [-0.4, -0.2) is 24.7 Å². The number of nitrogen functional groups attached to an aromatic ring is 1. The Morgan fingerprint density at radius 3 is 2.84 bits per heavy atom. The molecule has 5 N–H and O–H groups in total. The molecule has 1 unspecified atom stereocenters. The van der Waals surface area contributed by atoms with E-state index in [1.54, 1.807) is 13.8 Å². The fourth-order valence-corrected chi connectivity index (χ4v) is 1.75. The summed E-state index contributed by atoms with van der Waals surface area (Å²) in [6, 6.07) is -0.297. The monoisotopic (exact) mass is 265 g/mol. The second-order valence-electron chi connectivity index (χ2n) is 4.00. The van der Waals surface area contributed by atoms with E-state index in [-0.39, 0.29) is 17.5 Å². The molecule has 1 atom stereocenters. The first kappa shape index (κ1) is 12.9. The highest BCUT2D eigenvalue weighted by Gasteiger charge is 2.15. The van der Waals surface area contributed by atoms with E-state index in [2.05, 4.69) is 25.5 Å². The molecule has 0 aliphatic heterocycles. The molecule has 9 nitrogen and oxygen atoms in total. The van der Waals surface area contributed by atoms with Gasteiger partial charge < -0.3 is 11.1 Å². The summed E-state index contributed by atoms with van der Waals surface area (Å²) in [6.07, 6.45) is 1.37. The number of nitrogens with two attached hydrogens (primary N) is 1.